The molecule has 1 aromatic carbocycles. The smallest absolute Gasteiger partial charge is 0.171 e. The lowest BCUT2D eigenvalue weighted by Gasteiger charge is -2.19. The molecule has 1 heterocycles. The summed E-state index contributed by atoms with van der Waals surface area (Å²) in [5, 5.41) is 0. The average Bonchev–Trinajstić information content (AvgIpc) is 2.90. The summed E-state index contributed by atoms with van der Waals surface area (Å²) < 4.78 is 13.8. The van der Waals surface area contributed by atoms with E-state index in [0.717, 1.165) is 11.5 Å². The Labute approximate surface area is 141 Å². The van der Waals surface area contributed by atoms with E-state index in [9.17, 15) is 0 Å². The summed E-state index contributed by atoms with van der Waals surface area (Å²) in [6.07, 6.45) is 2.06. The molecule has 0 fully saturated rings. The van der Waals surface area contributed by atoms with Gasteiger partial charge in [-0.15, -0.1) is 0 Å². The maximum absolute atomic E-state index is 5.87. The summed E-state index contributed by atoms with van der Waals surface area (Å²) in [5.41, 5.74) is 2.14. The van der Waals surface area contributed by atoms with Gasteiger partial charge in [-0.3, -0.25) is 0 Å². The molecule has 1 aromatic heterocycles. The van der Waals surface area contributed by atoms with Gasteiger partial charge in [0.25, 0.3) is 0 Å². The molecule has 0 saturated heterocycles. The number of ether oxygens (including phenoxy) is 1. The highest BCUT2D eigenvalue weighted by Gasteiger charge is 2.21. The third-order valence-electron chi connectivity index (χ3n) is 3.40. The Hall–Kier alpha value is -1.43. The molecular weight excluding hydrogens is 304 g/mol. The first-order valence-corrected chi connectivity index (χ1v) is 10.9. The molecule has 23 heavy (non-hydrogen) atoms. The van der Waals surface area contributed by atoms with E-state index in [1.54, 1.807) is 0 Å². The highest BCUT2D eigenvalue weighted by molar-refractivity contribution is 6.48. The maximum atomic E-state index is 5.87. The molecule has 126 valence electrons. The molecule has 5 heteroatoms. The summed E-state index contributed by atoms with van der Waals surface area (Å²) in [7, 11) is -1.03. The van der Waals surface area contributed by atoms with Crippen LogP contribution in [0.15, 0.2) is 36.5 Å². The number of rotatable bonds is 7. The van der Waals surface area contributed by atoms with Crippen molar-refractivity contribution in [3.05, 3.63) is 53.6 Å². The van der Waals surface area contributed by atoms with E-state index in [2.05, 4.69) is 56.8 Å². The van der Waals surface area contributed by atoms with E-state index in [4.69, 9.17) is 14.1 Å². The Kier molecular flexibility index (Phi) is 6.15. The molecule has 0 atom stereocenters. The zero-order chi connectivity index (χ0) is 16.9. The van der Waals surface area contributed by atoms with E-state index in [0.29, 0.717) is 19.9 Å². The van der Waals surface area contributed by atoms with Crippen molar-refractivity contribution in [3.8, 4) is 0 Å². The van der Waals surface area contributed by atoms with Gasteiger partial charge in [0.1, 0.15) is 12.6 Å². The van der Waals surface area contributed by atoms with Crippen molar-refractivity contribution in [2.75, 3.05) is 0 Å². The van der Waals surface area contributed by atoms with Crippen LogP contribution in [0.5, 0.6) is 0 Å². The summed E-state index contributed by atoms with van der Waals surface area (Å²) in [5.74, 6) is 1.04. The second-order valence-electron chi connectivity index (χ2n) is 7.10. The lowest BCUT2D eigenvalue weighted by molar-refractivity contribution is 0.0603. The first-order valence-electron chi connectivity index (χ1n) is 8.16. The average molecular weight is 333 g/mol. The Balaban J connectivity index is 2.03. The van der Waals surface area contributed by atoms with E-state index in [1.807, 2.05) is 18.2 Å². The van der Waals surface area contributed by atoms with Crippen LogP contribution in [0.25, 0.3) is 0 Å². The zero-order valence-corrected chi connectivity index (χ0v) is 16.0. The number of nitrogens with zero attached hydrogens (tertiary/aromatic N) is 2. The Morgan fingerprint density at radius 3 is 2.39 bits per heavy atom. The monoisotopic (exact) mass is 332 g/mol. The lowest BCUT2D eigenvalue weighted by Crippen LogP contribution is -2.19. The molecule has 0 radical (unpaired) electrons. The summed E-state index contributed by atoms with van der Waals surface area (Å²) in [6, 6.07) is 10.2. The maximum Gasteiger partial charge on any atom is 0.171 e. The van der Waals surface area contributed by atoms with Crippen molar-refractivity contribution in [2.45, 2.75) is 59.2 Å². The van der Waals surface area contributed by atoms with E-state index >= 15 is 0 Å². The summed E-state index contributed by atoms with van der Waals surface area (Å²) >= 11 is 0. The predicted octanol–water partition coefficient (Wildman–Crippen LogP) is 3.85. The van der Waals surface area contributed by atoms with Crippen LogP contribution in [0.2, 0.25) is 13.1 Å². The SMILES string of the molecule is C[SiH](C)OCc1cn(COCc2ccccc2)c(C(C)(C)C)n1. The van der Waals surface area contributed by atoms with Gasteiger partial charge in [-0.25, -0.2) is 4.98 Å². The second kappa shape index (κ2) is 7.90. The Bertz CT molecular complexity index is 603. The van der Waals surface area contributed by atoms with E-state index in [1.165, 1.54) is 5.56 Å². The van der Waals surface area contributed by atoms with Gasteiger partial charge in [0.05, 0.1) is 18.9 Å². The largest absolute Gasteiger partial charge is 0.415 e. The molecule has 4 nitrogen and oxygen atoms in total. The number of hydrogen-bond acceptors (Lipinski definition) is 3. The molecule has 0 aliphatic heterocycles. The molecule has 2 aromatic rings. The van der Waals surface area contributed by atoms with Gasteiger partial charge in [0.15, 0.2) is 9.04 Å². The summed E-state index contributed by atoms with van der Waals surface area (Å²) in [6.45, 7) is 12.6. The standard InChI is InChI=1S/C18H28N2O2Si/c1-18(2,3)17-19-16(13-22-23(4)5)11-20(17)14-21-12-15-9-7-6-8-10-15/h6-11,23H,12-14H2,1-5H3. The van der Waals surface area contributed by atoms with Crippen LogP contribution in [0.4, 0.5) is 0 Å². The Morgan fingerprint density at radius 1 is 1.09 bits per heavy atom. The van der Waals surface area contributed by atoms with Crippen molar-refractivity contribution in [1.82, 2.24) is 9.55 Å². The van der Waals surface area contributed by atoms with Gasteiger partial charge in [0.2, 0.25) is 0 Å². The molecule has 0 spiro atoms. The molecule has 0 unspecified atom stereocenters. The van der Waals surface area contributed by atoms with Gasteiger partial charge in [-0.2, -0.15) is 0 Å². The number of imidazole rings is 1. The summed E-state index contributed by atoms with van der Waals surface area (Å²) in [4.78, 5) is 4.76. The molecular formula is C18H28N2O2Si. The lowest BCUT2D eigenvalue weighted by atomic mass is 9.96. The van der Waals surface area contributed by atoms with Gasteiger partial charge < -0.3 is 13.7 Å². The molecule has 2 rings (SSSR count). The molecule has 0 aliphatic carbocycles. The normalized spacial score (nSPS) is 12.1. The first kappa shape index (κ1) is 17.9. The van der Waals surface area contributed by atoms with Gasteiger partial charge in [-0.05, 0) is 18.7 Å². The predicted molar refractivity (Wildman–Crippen MR) is 95.8 cm³/mol. The van der Waals surface area contributed by atoms with Crippen molar-refractivity contribution < 1.29 is 9.16 Å². The van der Waals surface area contributed by atoms with E-state index < -0.39 is 9.04 Å². The van der Waals surface area contributed by atoms with Crippen LogP contribution < -0.4 is 0 Å². The molecule has 0 amide bonds. The van der Waals surface area contributed by atoms with E-state index in [-0.39, 0.29) is 5.41 Å². The fourth-order valence-corrected chi connectivity index (χ4v) is 2.83. The number of aromatic nitrogens is 2. The first-order chi connectivity index (χ1) is 10.9. The van der Waals surface area contributed by atoms with Crippen molar-refractivity contribution in [2.24, 2.45) is 0 Å². The van der Waals surface area contributed by atoms with Crippen LogP contribution in [0, 0.1) is 0 Å². The third kappa shape index (κ3) is 5.60. The van der Waals surface area contributed by atoms with Crippen LogP contribution in [0.3, 0.4) is 0 Å². The van der Waals surface area contributed by atoms with Gasteiger partial charge in [-0.1, -0.05) is 51.1 Å². The van der Waals surface area contributed by atoms with Crippen molar-refractivity contribution >= 4 is 9.04 Å². The van der Waals surface area contributed by atoms with Gasteiger partial charge >= 0.3 is 0 Å². The van der Waals surface area contributed by atoms with Crippen molar-refractivity contribution in [3.63, 3.8) is 0 Å². The number of hydrogen-bond donors (Lipinski definition) is 0. The highest BCUT2D eigenvalue weighted by Crippen LogP contribution is 2.22. The van der Waals surface area contributed by atoms with Crippen LogP contribution in [-0.2, 0) is 34.5 Å². The minimum atomic E-state index is -1.03. The highest BCUT2D eigenvalue weighted by atomic mass is 28.3. The minimum Gasteiger partial charge on any atom is -0.415 e. The molecule has 0 saturated carbocycles. The van der Waals surface area contributed by atoms with Crippen LogP contribution in [0.1, 0.15) is 37.9 Å². The zero-order valence-electron chi connectivity index (χ0n) is 14.9. The van der Waals surface area contributed by atoms with Crippen molar-refractivity contribution in [1.29, 1.82) is 0 Å². The topological polar surface area (TPSA) is 36.3 Å². The molecule has 0 aliphatic rings. The number of benzene rings is 1. The fraction of sp³-hybridized carbons (Fsp3) is 0.500. The fourth-order valence-electron chi connectivity index (χ4n) is 2.32. The van der Waals surface area contributed by atoms with Crippen LogP contribution in [-0.4, -0.2) is 18.6 Å². The quantitative estimate of drug-likeness (QED) is 0.723. The van der Waals surface area contributed by atoms with Crippen LogP contribution >= 0.6 is 0 Å². The minimum absolute atomic E-state index is 0.0242. The Morgan fingerprint density at radius 2 is 1.78 bits per heavy atom. The third-order valence-corrected chi connectivity index (χ3v) is 4.24. The molecule has 0 N–H and O–H groups in total. The molecule has 0 bridgehead atoms. The second-order valence-corrected chi connectivity index (χ2v) is 9.53. The van der Waals surface area contributed by atoms with Gasteiger partial charge in [0, 0.05) is 11.6 Å².